The molecule has 0 aromatic heterocycles. The molecule has 0 spiro atoms. The van der Waals surface area contributed by atoms with Crippen LogP contribution in [0.25, 0.3) is 0 Å². The predicted octanol–water partition coefficient (Wildman–Crippen LogP) is 5.91. The lowest BCUT2D eigenvalue weighted by atomic mass is 9.90. The van der Waals surface area contributed by atoms with Crippen molar-refractivity contribution in [3.8, 4) is 0 Å². The number of alkyl carbamates (subject to hydrolysis) is 1. The average Bonchev–Trinajstić information content (AvgIpc) is 2.76. The van der Waals surface area contributed by atoms with Gasteiger partial charge in [0.05, 0.1) is 0 Å². The maximum Gasteiger partial charge on any atom is 0.408 e. The molecule has 1 rings (SSSR count). The third kappa shape index (κ3) is 9.47. The second-order valence-electron chi connectivity index (χ2n) is 11.6. The number of benzene rings is 1. The first-order chi connectivity index (χ1) is 16.6. The Kier molecular flexibility index (Phi) is 11.9. The second kappa shape index (κ2) is 13.7. The molecule has 0 radical (unpaired) electrons. The van der Waals surface area contributed by atoms with Gasteiger partial charge in [0.1, 0.15) is 17.7 Å². The normalized spacial score (nSPS) is 13.6. The van der Waals surface area contributed by atoms with Gasteiger partial charge in [0.25, 0.3) is 0 Å². The lowest BCUT2D eigenvalue weighted by Gasteiger charge is -2.45. The van der Waals surface area contributed by atoms with E-state index in [0.29, 0.717) is 13.0 Å². The number of amides is 3. The molecule has 0 fully saturated rings. The molecule has 2 N–H and O–H groups in total. The predicted molar refractivity (Wildman–Crippen MR) is 146 cm³/mol. The summed E-state index contributed by atoms with van der Waals surface area (Å²) < 4.78 is 5.44. The second-order valence-corrected chi connectivity index (χ2v) is 11.6. The zero-order valence-electron chi connectivity index (χ0n) is 24.2. The topological polar surface area (TPSA) is 87.7 Å². The number of ether oxygens (including phenoxy) is 1. The van der Waals surface area contributed by atoms with Crippen LogP contribution in [0, 0.1) is 12.8 Å². The largest absolute Gasteiger partial charge is 0.444 e. The number of hydrogen-bond acceptors (Lipinski definition) is 4. The van der Waals surface area contributed by atoms with Crippen molar-refractivity contribution in [2.75, 3.05) is 6.54 Å². The van der Waals surface area contributed by atoms with Crippen LogP contribution in [0.2, 0.25) is 0 Å². The molecule has 0 aliphatic carbocycles. The van der Waals surface area contributed by atoms with E-state index in [2.05, 4.69) is 17.6 Å². The molecular formula is C29H49N3O4. The number of rotatable bonds is 12. The highest BCUT2D eigenvalue weighted by atomic mass is 16.6. The molecule has 0 aliphatic rings. The number of nitrogens with zero attached hydrogens (tertiary/aromatic N) is 1. The standard InChI is InChI=1S/C29H49N3O4/c1-11-13-14-18-30-25(33)24(22-17-15-16-21(5)19-22)32(29(9,10)12-2)26(34)23(20(3)4)31-27(35)36-28(6,7)8/h15-17,19-20,23-24H,11-14,18H2,1-10H3,(H,30,33)(H,31,35). The number of carbonyl (C=O) groups is 3. The van der Waals surface area contributed by atoms with Gasteiger partial charge in [-0.2, -0.15) is 0 Å². The van der Waals surface area contributed by atoms with E-state index >= 15 is 0 Å². The molecule has 2 unspecified atom stereocenters. The van der Waals surface area contributed by atoms with E-state index < -0.39 is 29.3 Å². The SMILES string of the molecule is CCCCCNC(=O)C(c1cccc(C)c1)N(C(=O)C(NC(=O)OC(C)(C)C)C(C)C)C(C)(C)CC. The van der Waals surface area contributed by atoms with Crippen molar-refractivity contribution in [1.82, 2.24) is 15.5 Å². The summed E-state index contributed by atoms with van der Waals surface area (Å²) in [6.07, 6.45) is 2.93. The summed E-state index contributed by atoms with van der Waals surface area (Å²) in [7, 11) is 0. The van der Waals surface area contributed by atoms with Crippen molar-refractivity contribution in [2.24, 2.45) is 5.92 Å². The lowest BCUT2D eigenvalue weighted by molar-refractivity contribution is -0.150. The van der Waals surface area contributed by atoms with Crippen molar-refractivity contribution < 1.29 is 19.1 Å². The van der Waals surface area contributed by atoms with E-state index in [1.807, 2.05) is 65.8 Å². The molecule has 7 heteroatoms. The smallest absolute Gasteiger partial charge is 0.408 e. The highest BCUT2D eigenvalue weighted by Crippen LogP contribution is 2.33. The molecule has 2 atom stereocenters. The molecule has 1 aromatic carbocycles. The molecule has 1 aromatic rings. The van der Waals surface area contributed by atoms with Gasteiger partial charge in [-0.1, -0.05) is 70.4 Å². The molecule has 3 amide bonds. The van der Waals surface area contributed by atoms with E-state index in [0.717, 1.165) is 30.4 Å². The molecule has 36 heavy (non-hydrogen) atoms. The van der Waals surface area contributed by atoms with Gasteiger partial charge in [0.15, 0.2) is 0 Å². The van der Waals surface area contributed by atoms with Gasteiger partial charge < -0.3 is 20.3 Å². The van der Waals surface area contributed by atoms with E-state index in [1.54, 1.807) is 25.7 Å². The van der Waals surface area contributed by atoms with E-state index in [1.165, 1.54) is 0 Å². The fourth-order valence-electron chi connectivity index (χ4n) is 3.98. The van der Waals surface area contributed by atoms with E-state index in [9.17, 15) is 14.4 Å². The third-order valence-corrected chi connectivity index (χ3v) is 6.30. The Morgan fingerprint density at radius 2 is 1.67 bits per heavy atom. The number of carbonyl (C=O) groups excluding carboxylic acids is 3. The zero-order chi connectivity index (χ0) is 27.7. The molecule has 0 heterocycles. The minimum absolute atomic E-state index is 0.216. The van der Waals surface area contributed by atoms with Gasteiger partial charge in [0, 0.05) is 12.1 Å². The Morgan fingerprint density at radius 3 is 2.17 bits per heavy atom. The van der Waals surface area contributed by atoms with Crippen LogP contribution < -0.4 is 10.6 Å². The molecule has 0 aliphatic heterocycles. The van der Waals surface area contributed by atoms with Crippen molar-refractivity contribution in [2.45, 2.75) is 118 Å². The summed E-state index contributed by atoms with van der Waals surface area (Å²) in [5.74, 6) is -0.741. The van der Waals surface area contributed by atoms with Crippen molar-refractivity contribution in [3.63, 3.8) is 0 Å². The fraction of sp³-hybridized carbons (Fsp3) is 0.690. The Morgan fingerprint density at radius 1 is 1.03 bits per heavy atom. The van der Waals surface area contributed by atoms with Crippen molar-refractivity contribution in [3.05, 3.63) is 35.4 Å². The Balaban J connectivity index is 3.54. The molecule has 0 saturated heterocycles. The fourth-order valence-corrected chi connectivity index (χ4v) is 3.98. The van der Waals surface area contributed by atoms with E-state index in [4.69, 9.17) is 4.74 Å². The zero-order valence-corrected chi connectivity index (χ0v) is 24.2. The van der Waals surface area contributed by atoms with E-state index in [-0.39, 0.29) is 17.7 Å². The minimum Gasteiger partial charge on any atom is -0.444 e. The summed E-state index contributed by atoms with van der Waals surface area (Å²) in [6, 6.07) is 6.02. The Hall–Kier alpha value is -2.57. The van der Waals surface area contributed by atoms with Crippen molar-refractivity contribution in [1.29, 1.82) is 0 Å². The molecule has 204 valence electrons. The third-order valence-electron chi connectivity index (χ3n) is 6.30. The summed E-state index contributed by atoms with van der Waals surface area (Å²) >= 11 is 0. The highest BCUT2D eigenvalue weighted by molar-refractivity contribution is 5.92. The van der Waals surface area contributed by atoms with Crippen LogP contribution in [-0.2, 0) is 14.3 Å². The van der Waals surface area contributed by atoms with Gasteiger partial charge in [-0.15, -0.1) is 0 Å². The molecule has 7 nitrogen and oxygen atoms in total. The van der Waals surface area contributed by atoms with Crippen molar-refractivity contribution >= 4 is 17.9 Å². The summed E-state index contributed by atoms with van der Waals surface area (Å²) in [4.78, 5) is 42.3. The number of aryl methyl sites for hydroxylation is 1. The highest BCUT2D eigenvalue weighted by Gasteiger charge is 2.43. The van der Waals surface area contributed by atoms with Gasteiger partial charge in [-0.3, -0.25) is 9.59 Å². The maximum absolute atomic E-state index is 14.2. The Labute approximate surface area is 218 Å². The van der Waals surface area contributed by atoms with Gasteiger partial charge in [0.2, 0.25) is 11.8 Å². The maximum atomic E-state index is 14.2. The van der Waals surface area contributed by atoms with Gasteiger partial charge >= 0.3 is 6.09 Å². The van der Waals surface area contributed by atoms with Crippen LogP contribution in [0.15, 0.2) is 24.3 Å². The number of nitrogens with one attached hydrogen (secondary N) is 2. The molecular weight excluding hydrogens is 454 g/mol. The van der Waals surface area contributed by atoms with Crippen LogP contribution in [0.1, 0.15) is 105 Å². The van der Waals surface area contributed by atoms with Gasteiger partial charge in [-0.05, 0) is 65.9 Å². The number of unbranched alkanes of at least 4 members (excludes halogenated alkanes) is 2. The minimum atomic E-state index is -0.856. The summed E-state index contributed by atoms with van der Waals surface area (Å²) in [5.41, 5.74) is 0.400. The Bertz CT molecular complexity index is 874. The van der Waals surface area contributed by atoms with Gasteiger partial charge in [-0.25, -0.2) is 4.79 Å². The van der Waals surface area contributed by atoms with Crippen LogP contribution in [0.5, 0.6) is 0 Å². The number of hydrogen-bond donors (Lipinski definition) is 2. The summed E-state index contributed by atoms with van der Waals surface area (Å²) in [5, 5.41) is 5.84. The van der Waals surface area contributed by atoms with Crippen LogP contribution in [0.3, 0.4) is 0 Å². The quantitative estimate of drug-likeness (QED) is 0.347. The van der Waals surface area contributed by atoms with Crippen LogP contribution in [-0.4, -0.2) is 46.5 Å². The molecule has 0 saturated carbocycles. The van der Waals surface area contributed by atoms with Crippen LogP contribution in [0.4, 0.5) is 4.79 Å². The monoisotopic (exact) mass is 503 g/mol. The average molecular weight is 504 g/mol. The first-order valence-corrected chi connectivity index (χ1v) is 13.3. The first-order valence-electron chi connectivity index (χ1n) is 13.3. The summed E-state index contributed by atoms with van der Waals surface area (Å²) in [6.45, 7) is 19.7. The molecule has 0 bridgehead atoms. The first kappa shape index (κ1) is 31.5. The van der Waals surface area contributed by atoms with Crippen LogP contribution >= 0.6 is 0 Å². The lowest BCUT2D eigenvalue weighted by Crippen LogP contribution is -2.60.